The third kappa shape index (κ3) is 4.19. The summed E-state index contributed by atoms with van der Waals surface area (Å²) in [5.74, 6) is -0.0510. The second-order valence-electron chi connectivity index (χ2n) is 4.40. The van der Waals surface area contributed by atoms with Crippen molar-refractivity contribution < 1.29 is 9.59 Å². The molecule has 0 aromatic heterocycles. The lowest BCUT2D eigenvalue weighted by molar-refractivity contribution is -0.122. The Morgan fingerprint density at radius 1 is 1.30 bits per heavy atom. The number of hydrogen-bond acceptors (Lipinski definition) is 3. The van der Waals surface area contributed by atoms with E-state index in [1.165, 1.54) is 6.92 Å². The van der Waals surface area contributed by atoms with Gasteiger partial charge in [-0.2, -0.15) is 5.10 Å². The highest BCUT2D eigenvalue weighted by Gasteiger charge is 2.21. The quantitative estimate of drug-likeness (QED) is 0.870. The molecule has 1 aromatic rings. The smallest absolute Gasteiger partial charge is 0.240 e. The van der Waals surface area contributed by atoms with Crippen LogP contribution in [0.5, 0.6) is 0 Å². The molecule has 0 saturated carbocycles. The van der Waals surface area contributed by atoms with E-state index in [0.29, 0.717) is 6.42 Å². The molecule has 0 aliphatic carbocycles. The fourth-order valence-electron chi connectivity index (χ4n) is 1.93. The molecule has 1 aliphatic heterocycles. The molecule has 0 radical (unpaired) electrons. The van der Waals surface area contributed by atoms with Crippen LogP contribution in [0.2, 0.25) is 0 Å². The van der Waals surface area contributed by atoms with Gasteiger partial charge in [0.1, 0.15) is 0 Å². The average molecular weight is 275 g/mol. The zero-order valence-corrected chi connectivity index (χ0v) is 12.4. The van der Waals surface area contributed by atoms with Crippen LogP contribution >= 0.6 is 0 Å². The summed E-state index contributed by atoms with van der Waals surface area (Å²) in [4.78, 5) is 22.1. The van der Waals surface area contributed by atoms with Gasteiger partial charge in [-0.25, -0.2) is 5.43 Å². The van der Waals surface area contributed by atoms with E-state index in [1.54, 1.807) is 0 Å². The fraction of sp³-hybridized carbons (Fsp3) is 0.400. The molecule has 20 heavy (non-hydrogen) atoms. The molecule has 1 aromatic carbocycles. The molecule has 0 spiro atoms. The van der Waals surface area contributed by atoms with Crippen LogP contribution in [-0.2, 0) is 9.59 Å². The van der Waals surface area contributed by atoms with Gasteiger partial charge in [-0.15, -0.1) is 0 Å². The number of hydrazone groups is 1. The maximum Gasteiger partial charge on any atom is 0.240 e. The molecular formula is C15H21N3O2. The summed E-state index contributed by atoms with van der Waals surface area (Å²) in [6, 6.07) is 7.42. The van der Waals surface area contributed by atoms with E-state index < -0.39 is 0 Å². The van der Waals surface area contributed by atoms with Crippen molar-refractivity contribution in [2.24, 2.45) is 11.0 Å². The van der Waals surface area contributed by atoms with Crippen LogP contribution in [0, 0.1) is 5.92 Å². The Morgan fingerprint density at radius 3 is 2.40 bits per heavy atom. The largest absolute Gasteiger partial charge is 0.326 e. The lowest BCUT2D eigenvalue weighted by atomic mass is 9.94. The summed E-state index contributed by atoms with van der Waals surface area (Å²) < 4.78 is 0. The van der Waals surface area contributed by atoms with E-state index in [0.717, 1.165) is 17.0 Å². The van der Waals surface area contributed by atoms with Gasteiger partial charge < -0.3 is 5.32 Å². The monoisotopic (exact) mass is 275 g/mol. The van der Waals surface area contributed by atoms with Crippen LogP contribution < -0.4 is 10.7 Å². The molecule has 0 bridgehead atoms. The van der Waals surface area contributed by atoms with Crippen molar-refractivity contribution in [3.63, 3.8) is 0 Å². The molecular weight excluding hydrogens is 254 g/mol. The number of anilines is 1. The van der Waals surface area contributed by atoms with E-state index >= 15 is 0 Å². The summed E-state index contributed by atoms with van der Waals surface area (Å²) in [6.07, 6.45) is 0.451. The van der Waals surface area contributed by atoms with Gasteiger partial charge in [0.2, 0.25) is 11.8 Å². The van der Waals surface area contributed by atoms with Crippen LogP contribution in [-0.4, -0.2) is 17.5 Å². The van der Waals surface area contributed by atoms with E-state index in [2.05, 4.69) is 15.8 Å². The van der Waals surface area contributed by atoms with Crippen LogP contribution in [0.4, 0.5) is 5.69 Å². The minimum Gasteiger partial charge on any atom is -0.326 e. The highest BCUT2D eigenvalue weighted by atomic mass is 16.2. The van der Waals surface area contributed by atoms with Gasteiger partial charge in [-0.05, 0) is 17.7 Å². The maximum absolute atomic E-state index is 11.2. The second kappa shape index (κ2) is 7.43. The third-order valence-corrected chi connectivity index (χ3v) is 2.76. The molecule has 5 heteroatoms. The van der Waals surface area contributed by atoms with Crippen LogP contribution in [0.1, 0.15) is 39.7 Å². The minimum atomic E-state index is -0.0987. The second-order valence-corrected chi connectivity index (χ2v) is 4.40. The van der Waals surface area contributed by atoms with Crippen molar-refractivity contribution >= 4 is 23.2 Å². The van der Waals surface area contributed by atoms with Gasteiger partial charge in [0.05, 0.1) is 5.71 Å². The van der Waals surface area contributed by atoms with Crippen molar-refractivity contribution in [2.75, 3.05) is 5.32 Å². The molecule has 2 rings (SSSR count). The molecule has 1 aliphatic rings. The summed E-state index contributed by atoms with van der Waals surface area (Å²) in [5, 5.41) is 6.79. The Bertz CT molecular complexity index is 506. The fourth-order valence-corrected chi connectivity index (χ4v) is 1.93. The molecule has 1 atom stereocenters. The number of carbonyl (C=O) groups is 2. The van der Waals surface area contributed by atoms with Crippen molar-refractivity contribution in [1.29, 1.82) is 0 Å². The Morgan fingerprint density at radius 2 is 1.90 bits per heavy atom. The van der Waals surface area contributed by atoms with Crippen molar-refractivity contribution in [2.45, 2.75) is 34.1 Å². The molecule has 5 nitrogen and oxygen atoms in total. The Labute approximate surface area is 119 Å². The molecule has 0 saturated heterocycles. The SMILES string of the molecule is CC.CC(=O)Nc1ccc(C2=NNC(=O)CC2C)cc1. The van der Waals surface area contributed by atoms with Gasteiger partial charge in [0, 0.05) is 24.9 Å². The lowest BCUT2D eigenvalue weighted by Crippen LogP contribution is -2.31. The first-order valence-corrected chi connectivity index (χ1v) is 6.80. The Hall–Kier alpha value is -2.17. The number of amides is 2. The molecule has 2 amide bonds. The highest BCUT2D eigenvalue weighted by Crippen LogP contribution is 2.18. The number of nitrogens with one attached hydrogen (secondary N) is 2. The van der Waals surface area contributed by atoms with Gasteiger partial charge >= 0.3 is 0 Å². The zero-order valence-electron chi connectivity index (χ0n) is 12.4. The van der Waals surface area contributed by atoms with Gasteiger partial charge in [-0.1, -0.05) is 32.9 Å². The third-order valence-electron chi connectivity index (χ3n) is 2.76. The first-order chi connectivity index (χ1) is 9.56. The first kappa shape index (κ1) is 15.9. The number of nitrogens with zero attached hydrogens (tertiary/aromatic N) is 1. The lowest BCUT2D eigenvalue weighted by Gasteiger charge is -2.19. The van der Waals surface area contributed by atoms with Gasteiger partial charge in [0.25, 0.3) is 0 Å². The van der Waals surface area contributed by atoms with Gasteiger partial charge in [-0.3, -0.25) is 9.59 Å². The predicted octanol–water partition coefficient (Wildman–Crippen LogP) is 2.53. The average Bonchev–Trinajstić information content (AvgIpc) is 2.42. The number of hydrogen-bond donors (Lipinski definition) is 2. The molecule has 1 unspecified atom stereocenters. The highest BCUT2D eigenvalue weighted by molar-refractivity contribution is 6.06. The zero-order chi connectivity index (χ0) is 15.1. The summed E-state index contributed by atoms with van der Waals surface area (Å²) >= 11 is 0. The molecule has 108 valence electrons. The number of carbonyl (C=O) groups excluding carboxylic acids is 2. The summed E-state index contributed by atoms with van der Waals surface area (Å²) in [5.41, 5.74) is 5.06. The Kier molecular flexibility index (Phi) is 5.90. The van der Waals surface area contributed by atoms with Crippen LogP contribution in [0.3, 0.4) is 0 Å². The maximum atomic E-state index is 11.2. The summed E-state index contributed by atoms with van der Waals surface area (Å²) in [7, 11) is 0. The van der Waals surface area contributed by atoms with Crippen LogP contribution in [0.15, 0.2) is 29.4 Å². The predicted molar refractivity (Wildman–Crippen MR) is 80.6 cm³/mol. The van der Waals surface area contributed by atoms with E-state index in [4.69, 9.17) is 0 Å². The van der Waals surface area contributed by atoms with Crippen molar-refractivity contribution in [3.8, 4) is 0 Å². The molecule has 2 N–H and O–H groups in total. The van der Waals surface area contributed by atoms with Crippen molar-refractivity contribution in [1.82, 2.24) is 5.43 Å². The summed E-state index contributed by atoms with van der Waals surface area (Å²) in [6.45, 7) is 7.44. The topological polar surface area (TPSA) is 70.6 Å². The number of rotatable bonds is 2. The normalized spacial score (nSPS) is 17.3. The number of benzene rings is 1. The van der Waals surface area contributed by atoms with Gasteiger partial charge in [0.15, 0.2) is 0 Å². The standard InChI is InChI=1S/C13H15N3O2.C2H6/c1-8-7-12(18)15-16-13(8)10-3-5-11(6-4-10)14-9(2)17;1-2/h3-6,8H,7H2,1-2H3,(H,14,17)(H,15,18);1-2H3. The molecule has 1 heterocycles. The Balaban J connectivity index is 0.000000956. The van der Waals surface area contributed by atoms with Crippen molar-refractivity contribution in [3.05, 3.63) is 29.8 Å². The van der Waals surface area contributed by atoms with Crippen LogP contribution in [0.25, 0.3) is 0 Å². The first-order valence-electron chi connectivity index (χ1n) is 6.80. The van der Waals surface area contributed by atoms with E-state index in [-0.39, 0.29) is 17.7 Å². The minimum absolute atomic E-state index is 0.0545. The van der Waals surface area contributed by atoms with E-state index in [9.17, 15) is 9.59 Å². The van der Waals surface area contributed by atoms with E-state index in [1.807, 2.05) is 45.0 Å². The molecule has 0 fully saturated rings.